The molecule has 0 aliphatic carbocycles. The molecular formula is C25H28BrN3O2. The van der Waals surface area contributed by atoms with Crippen LogP contribution < -0.4 is 5.32 Å². The van der Waals surface area contributed by atoms with Crippen molar-refractivity contribution in [1.82, 2.24) is 9.80 Å². The van der Waals surface area contributed by atoms with Gasteiger partial charge in [0.15, 0.2) is 0 Å². The Hall–Kier alpha value is -2.41. The van der Waals surface area contributed by atoms with Crippen LogP contribution in [0, 0.1) is 13.8 Å². The number of aryl methyl sites for hydroxylation is 2. The van der Waals surface area contributed by atoms with Crippen LogP contribution in [0.1, 0.15) is 16.7 Å². The molecule has 0 atom stereocenters. The fourth-order valence-corrected chi connectivity index (χ4v) is 4.62. The minimum Gasteiger partial charge on any atom is -0.508 e. The van der Waals surface area contributed by atoms with Gasteiger partial charge in [-0.1, -0.05) is 46.3 Å². The minimum atomic E-state index is 0.0307. The third-order valence-electron chi connectivity index (χ3n) is 6.03. The molecular weight excluding hydrogens is 454 g/mol. The molecule has 3 aromatic carbocycles. The maximum Gasteiger partial charge on any atom is 0.238 e. The lowest BCUT2D eigenvalue weighted by molar-refractivity contribution is -0.117. The number of piperazine rings is 1. The number of fused-ring (bicyclic) bond motifs is 1. The van der Waals surface area contributed by atoms with Crippen molar-refractivity contribution in [2.75, 3.05) is 38.0 Å². The summed E-state index contributed by atoms with van der Waals surface area (Å²) in [7, 11) is 0. The molecule has 3 aromatic rings. The molecule has 0 unspecified atom stereocenters. The number of benzene rings is 3. The van der Waals surface area contributed by atoms with Crippen molar-refractivity contribution in [2.24, 2.45) is 0 Å². The second kappa shape index (κ2) is 9.39. The van der Waals surface area contributed by atoms with Crippen LogP contribution in [0.4, 0.5) is 5.69 Å². The van der Waals surface area contributed by atoms with Crippen LogP contribution in [0.25, 0.3) is 10.8 Å². The van der Waals surface area contributed by atoms with Crippen molar-refractivity contribution in [3.05, 3.63) is 69.7 Å². The first-order chi connectivity index (χ1) is 14.9. The molecule has 0 aromatic heterocycles. The summed E-state index contributed by atoms with van der Waals surface area (Å²) in [5.74, 6) is 0.369. The second-order valence-corrected chi connectivity index (χ2v) is 9.21. The topological polar surface area (TPSA) is 55.8 Å². The summed E-state index contributed by atoms with van der Waals surface area (Å²) >= 11 is 3.52. The Morgan fingerprint density at radius 2 is 1.68 bits per heavy atom. The number of carbonyl (C=O) groups is 1. The van der Waals surface area contributed by atoms with E-state index in [2.05, 4.69) is 43.2 Å². The number of para-hydroxylation sites is 1. The Bertz CT molecular complexity index is 1090. The second-order valence-electron chi connectivity index (χ2n) is 8.30. The van der Waals surface area contributed by atoms with E-state index < -0.39 is 0 Å². The van der Waals surface area contributed by atoms with Crippen molar-refractivity contribution in [3.8, 4) is 5.75 Å². The van der Waals surface area contributed by atoms with Gasteiger partial charge in [0.05, 0.1) is 6.54 Å². The predicted octanol–water partition coefficient (Wildman–Crippen LogP) is 4.68. The van der Waals surface area contributed by atoms with Crippen LogP contribution in [-0.2, 0) is 11.3 Å². The van der Waals surface area contributed by atoms with E-state index in [1.54, 1.807) is 6.07 Å². The molecule has 0 bridgehead atoms. The van der Waals surface area contributed by atoms with Gasteiger partial charge in [-0.2, -0.15) is 0 Å². The van der Waals surface area contributed by atoms with Gasteiger partial charge in [0.1, 0.15) is 5.75 Å². The fraction of sp³-hybridized carbons (Fsp3) is 0.320. The number of amides is 1. The zero-order chi connectivity index (χ0) is 22.0. The first kappa shape index (κ1) is 21.8. The summed E-state index contributed by atoms with van der Waals surface area (Å²) in [6.07, 6.45) is 0. The highest BCUT2D eigenvalue weighted by atomic mass is 79.9. The van der Waals surface area contributed by atoms with E-state index >= 15 is 0 Å². The maximum absolute atomic E-state index is 12.6. The third-order valence-corrected chi connectivity index (χ3v) is 6.52. The first-order valence-corrected chi connectivity index (χ1v) is 11.4. The number of phenolic OH excluding ortho intramolecular Hbond substituents is 1. The Morgan fingerprint density at radius 1 is 1.00 bits per heavy atom. The zero-order valence-electron chi connectivity index (χ0n) is 18.0. The van der Waals surface area contributed by atoms with E-state index in [9.17, 15) is 9.90 Å². The molecule has 0 radical (unpaired) electrons. The van der Waals surface area contributed by atoms with Gasteiger partial charge in [-0.25, -0.2) is 0 Å². The van der Waals surface area contributed by atoms with Gasteiger partial charge >= 0.3 is 0 Å². The standard InChI is InChI=1S/C25H28BrN3O2/c1-17-4-3-5-18(2)25(17)27-24(31)16-29-12-10-28(11-13-29)15-22-21-8-7-20(26)14-19(21)6-9-23(22)30/h3-9,14,30H,10-13,15-16H2,1-2H3,(H,27,31). The van der Waals surface area contributed by atoms with Crippen molar-refractivity contribution in [2.45, 2.75) is 20.4 Å². The highest BCUT2D eigenvalue weighted by Crippen LogP contribution is 2.30. The Labute approximate surface area is 191 Å². The van der Waals surface area contributed by atoms with Crippen LogP contribution in [0.5, 0.6) is 5.75 Å². The molecule has 0 spiro atoms. The molecule has 1 aliphatic rings. The molecule has 5 nitrogen and oxygen atoms in total. The average molecular weight is 482 g/mol. The summed E-state index contributed by atoms with van der Waals surface area (Å²) in [6.45, 7) is 8.52. The lowest BCUT2D eigenvalue weighted by Crippen LogP contribution is -2.48. The monoisotopic (exact) mass is 481 g/mol. The molecule has 1 aliphatic heterocycles. The van der Waals surface area contributed by atoms with Gasteiger partial charge in [0.25, 0.3) is 0 Å². The van der Waals surface area contributed by atoms with Gasteiger partial charge in [0, 0.05) is 48.4 Å². The summed E-state index contributed by atoms with van der Waals surface area (Å²) in [6, 6.07) is 15.9. The van der Waals surface area contributed by atoms with Crippen molar-refractivity contribution in [3.63, 3.8) is 0 Å². The normalized spacial score (nSPS) is 15.3. The van der Waals surface area contributed by atoms with Crippen molar-refractivity contribution in [1.29, 1.82) is 0 Å². The lowest BCUT2D eigenvalue weighted by atomic mass is 10.0. The highest BCUT2D eigenvalue weighted by Gasteiger charge is 2.21. The molecule has 1 amide bonds. The SMILES string of the molecule is Cc1cccc(C)c1NC(=O)CN1CCN(Cc2c(O)ccc3cc(Br)ccc23)CC1. The molecule has 162 valence electrons. The maximum atomic E-state index is 12.6. The van der Waals surface area contributed by atoms with Gasteiger partial charge in [-0.15, -0.1) is 0 Å². The highest BCUT2D eigenvalue weighted by molar-refractivity contribution is 9.10. The van der Waals surface area contributed by atoms with Crippen LogP contribution >= 0.6 is 15.9 Å². The van der Waals surface area contributed by atoms with E-state index in [0.29, 0.717) is 18.8 Å². The number of nitrogens with zero attached hydrogens (tertiary/aromatic N) is 2. The predicted molar refractivity (Wildman–Crippen MR) is 130 cm³/mol. The Kier molecular flexibility index (Phi) is 6.60. The van der Waals surface area contributed by atoms with Gasteiger partial charge in [0.2, 0.25) is 5.91 Å². The number of carbonyl (C=O) groups excluding carboxylic acids is 1. The Balaban J connectivity index is 1.35. The minimum absolute atomic E-state index is 0.0307. The van der Waals surface area contributed by atoms with Crippen LogP contribution in [0.3, 0.4) is 0 Å². The molecule has 4 rings (SSSR count). The number of rotatable bonds is 5. The average Bonchev–Trinajstić information content (AvgIpc) is 2.74. The van der Waals surface area contributed by atoms with Crippen LogP contribution in [0.2, 0.25) is 0 Å². The number of hydrogen-bond donors (Lipinski definition) is 2. The molecule has 31 heavy (non-hydrogen) atoms. The van der Waals surface area contributed by atoms with E-state index in [-0.39, 0.29) is 5.91 Å². The fourth-order valence-electron chi connectivity index (χ4n) is 4.24. The summed E-state index contributed by atoms with van der Waals surface area (Å²) in [4.78, 5) is 17.1. The number of halogens is 1. The molecule has 0 saturated carbocycles. The quantitative estimate of drug-likeness (QED) is 0.555. The molecule has 6 heteroatoms. The van der Waals surface area contributed by atoms with Crippen LogP contribution in [0.15, 0.2) is 53.0 Å². The van der Waals surface area contributed by atoms with Crippen molar-refractivity contribution < 1.29 is 9.90 Å². The number of nitrogens with one attached hydrogen (secondary N) is 1. The largest absolute Gasteiger partial charge is 0.508 e. The number of hydrogen-bond acceptors (Lipinski definition) is 4. The molecule has 1 saturated heterocycles. The number of phenols is 1. The summed E-state index contributed by atoms with van der Waals surface area (Å²) in [5.41, 5.74) is 4.05. The van der Waals surface area contributed by atoms with E-state index in [4.69, 9.17) is 0 Å². The van der Waals surface area contributed by atoms with E-state index in [1.165, 1.54) is 0 Å². The first-order valence-electron chi connectivity index (χ1n) is 10.6. The summed E-state index contributed by atoms with van der Waals surface area (Å²) in [5, 5.41) is 15.7. The Morgan fingerprint density at radius 3 is 2.39 bits per heavy atom. The lowest BCUT2D eigenvalue weighted by Gasteiger charge is -2.34. The molecule has 2 N–H and O–H groups in total. The van der Waals surface area contributed by atoms with E-state index in [0.717, 1.165) is 63.8 Å². The number of aromatic hydroxyl groups is 1. The van der Waals surface area contributed by atoms with Crippen molar-refractivity contribution >= 4 is 38.3 Å². The summed E-state index contributed by atoms with van der Waals surface area (Å²) < 4.78 is 1.03. The van der Waals surface area contributed by atoms with Gasteiger partial charge in [-0.3, -0.25) is 14.6 Å². The molecule has 1 heterocycles. The smallest absolute Gasteiger partial charge is 0.238 e. The van der Waals surface area contributed by atoms with E-state index in [1.807, 2.05) is 44.2 Å². The molecule has 1 fully saturated rings. The van der Waals surface area contributed by atoms with Crippen LogP contribution in [-0.4, -0.2) is 53.5 Å². The zero-order valence-corrected chi connectivity index (χ0v) is 19.6. The third kappa shape index (κ3) is 5.09. The van der Waals surface area contributed by atoms with Gasteiger partial charge < -0.3 is 10.4 Å². The van der Waals surface area contributed by atoms with Gasteiger partial charge in [-0.05, 0) is 53.9 Å². The number of anilines is 1.